The summed E-state index contributed by atoms with van der Waals surface area (Å²) in [5.41, 5.74) is 3.88. The molecule has 0 unspecified atom stereocenters. The Kier molecular flexibility index (Phi) is 3.74. The van der Waals surface area contributed by atoms with Crippen molar-refractivity contribution < 1.29 is 14.6 Å². The second-order valence-corrected chi connectivity index (χ2v) is 8.74. The standard InChI is InChI=1S/C21H30O3/c1-13(2)15-10-14-6-7-18-20(3)8-5-9-21(18,16(14)11-17(15)22)19(23-4)24-12-20/h10-11,13,18-19,22H,5-9,12H2,1-4H3/t18-,19-,20+,21-/m0/s1. The summed E-state index contributed by atoms with van der Waals surface area (Å²) in [6.45, 7) is 7.48. The van der Waals surface area contributed by atoms with Crippen molar-refractivity contribution in [1.82, 2.24) is 0 Å². The molecule has 1 aromatic carbocycles. The van der Waals surface area contributed by atoms with Crippen LogP contribution in [0.25, 0.3) is 0 Å². The van der Waals surface area contributed by atoms with Crippen LogP contribution in [0.1, 0.15) is 69.1 Å². The molecule has 0 aromatic heterocycles. The smallest absolute Gasteiger partial charge is 0.167 e. The van der Waals surface area contributed by atoms with Crippen molar-refractivity contribution >= 4 is 0 Å². The highest BCUT2D eigenvalue weighted by Gasteiger charge is 2.62. The van der Waals surface area contributed by atoms with Crippen molar-refractivity contribution in [2.24, 2.45) is 11.3 Å². The van der Waals surface area contributed by atoms with Gasteiger partial charge in [0.15, 0.2) is 6.29 Å². The number of aryl methyl sites for hydroxylation is 1. The van der Waals surface area contributed by atoms with Gasteiger partial charge in [0.2, 0.25) is 0 Å². The lowest BCUT2D eigenvalue weighted by molar-refractivity contribution is -0.267. The summed E-state index contributed by atoms with van der Waals surface area (Å²) >= 11 is 0. The molecule has 3 nitrogen and oxygen atoms in total. The third-order valence-electron chi connectivity index (χ3n) is 7.08. The van der Waals surface area contributed by atoms with Crippen LogP contribution in [0.15, 0.2) is 12.1 Å². The average molecular weight is 330 g/mol. The number of phenolic OH excluding ortho intramolecular Hbond substituents is 1. The summed E-state index contributed by atoms with van der Waals surface area (Å²) in [4.78, 5) is 0. The number of methoxy groups -OCH3 is 1. The van der Waals surface area contributed by atoms with E-state index in [1.165, 1.54) is 30.4 Å². The number of hydrogen-bond donors (Lipinski definition) is 1. The molecule has 132 valence electrons. The number of phenols is 1. The molecule has 24 heavy (non-hydrogen) atoms. The third kappa shape index (κ3) is 2.04. The fourth-order valence-electron chi connectivity index (χ4n) is 6.01. The molecule has 2 aliphatic carbocycles. The predicted molar refractivity (Wildman–Crippen MR) is 94.4 cm³/mol. The summed E-state index contributed by atoms with van der Waals surface area (Å²) in [5, 5.41) is 10.7. The molecule has 0 radical (unpaired) electrons. The Morgan fingerprint density at radius 3 is 2.79 bits per heavy atom. The summed E-state index contributed by atoms with van der Waals surface area (Å²) in [6, 6.07) is 4.29. The number of aromatic hydroxyl groups is 1. The van der Waals surface area contributed by atoms with Crippen molar-refractivity contribution in [3.8, 4) is 5.75 Å². The third-order valence-corrected chi connectivity index (χ3v) is 7.08. The van der Waals surface area contributed by atoms with Crippen LogP contribution in [0.4, 0.5) is 0 Å². The van der Waals surface area contributed by atoms with Crippen molar-refractivity contribution in [3.63, 3.8) is 0 Å². The molecular formula is C21H30O3. The van der Waals surface area contributed by atoms with E-state index >= 15 is 0 Å². The molecule has 0 spiro atoms. The Hall–Kier alpha value is -1.06. The maximum absolute atomic E-state index is 10.7. The number of fused-ring (bicyclic) bond motifs is 1. The first kappa shape index (κ1) is 16.4. The van der Waals surface area contributed by atoms with Crippen LogP contribution in [-0.2, 0) is 21.3 Å². The molecule has 2 fully saturated rings. The van der Waals surface area contributed by atoms with Crippen LogP contribution in [0, 0.1) is 11.3 Å². The molecule has 1 heterocycles. The molecule has 1 N–H and O–H groups in total. The van der Waals surface area contributed by atoms with Gasteiger partial charge < -0.3 is 14.6 Å². The fraction of sp³-hybridized carbons (Fsp3) is 0.714. The van der Waals surface area contributed by atoms with Gasteiger partial charge in [-0.15, -0.1) is 0 Å². The van der Waals surface area contributed by atoms with Gasteiger partial charge in [-0.3, -0.25) is 0 Å². The molecule has 4 atom stereocenters. The van der Waals surface area contributed by atoms with E-state index in [9.17, 15) is 5.11 Å². The molecule has 3 aliphatic rings. The van der Waals surface area contributed by atoms with Gasteiger partial charge in [-0.2, -0.15) is 0 Å². The quantitative estimate of drug-likeness (QED) is 0.867. The van der Waals surface area contributed by atoms with Crippen LogP contribution >= 0.6 is 0 Å². The lowest BCUT2D eigenvalue weighted by Crippen LogP contribution is -2.63. The van der Waals surface area contributed by atoms with Crippen molar-refractivity contribution in [2.45, 2.75) is 70.5 Å². The van der Waals surface area contributed by atoms with Crippen LogP contribution in [0.2, 0.25) is 0 Å². The van der Waals surface area contributed by atoms with E-state index in [1.54, 1.807) is 7.11 Å². The molecule has 2 bridgehead atoms. The summed E-state index contributed by atoms with van der Waals surface area (Å²) in [7, 11) is 1.77. The maximum atomic E-state index is 10.7. The summed E-state index contributed by atoms with van der Waals surface area (Å²) in [6.07, 6.45) is 5.66. The zero-order valence-electron chi connectivity index (χ0n) is 15.4. The van der Waals surface area contributed by atoms with Crippen LogP contribution in [-0.4, -0.2) is 25.1 Å². The van der Waals surface area contributed by atoms with Gasteiger partial charge in [-0.25, -0.2) is 0 Å². The van der Waals surface area contributed by atoms with Gasteiger partial charge in [0, 0.05) is 7.11 Å². The van der Waals surface area contributed by atoms with Gasteiger partial charge in [-0.1, -0.05) is 33.3 Å². The highest BCUT2D eigenvalue weighted by atomic mass is 16.7. The van der Waals surface area contributed by atoms with Gasteiger partial charge in [0.05, 0.1) is 12.0 Å². The minimum Gasteiger partial charge on any atom is -0.508 e. The van der Waals surface area contributed by atoms with Gasteiger partial charge >= 0.3 is 0 Å². The Morgan fingerprint density at radius 2 is 2.08 bits per heavy atom. The largest absolute Gasteiger partial charge is 0.508 e. The molecular weight excluding hydrogens is 300 g/mol. The maximum Gasteiger partial charge on any atom is 0.167 e. The molecule has 1 aliphatic heterocycles. The van der Waals surface area contributed by atoms with E-state index in [-0.39, 0.29) is 17.1 Å². The topological polar surface area (TPSA) is 38.7 Å². The van der Waals surface area contributed by atoms with E-state index in [0.29, 0.717) is 17.6 Å². The zero-order chi connectivity index (χ0) is 17.1. The van der Waals surface area contributed by atoms with Crippen LogP contribution in [0.3, 0.4) is 0 Å². The Morgan fingerprint density at radius 1 is 1.29 bits per heavy atom. The number of hydrogen-bond acceptors (Lipinski definition) is 3. The molecule has 1 saturated carbocycles. The average Bonchev–Trinajstić information content (AvgIpc) is 2.54. The van der Waals surface area contributed by atoms with Crippen molar-refractivity contribution in [3.05, 3.63) is 28.8 Å². The van der Waals surface area contributed by atoms with E-state index in [4.69, 9.17) is 9.47 Å². The van der Waals surface area contributed by atoms with E-state index in [0.717, 1.165) is 25.0 Å². The number of rotatable bonds is 2. The first-order valence-corrected chi connectivity index (χ1v) is 9.43. The second kappa shape index (κ2) is 5.47. The Bertz CT molecular complexity index is 653. The second-order valence-electron chi connectivity index (χ2n) is 8.74. The monoisotopic (exact) mass is 330 g/mol. The van der Waals surface area contributed by atoms with Crippen LogP contribution < -0.4 is 0 Å². The minimum absolute atomic E-state index is 0.0967. The SMILES string of the molecule is CO[C@H]1OC[C@@]2(C)CCC[C@@]13c1cc(O)c(C(C)C)cc1CC[C@@H]23. The van der Waals surface area contributed by atoms with Gasteiger partial charge in [-0.05, 0) is 65.7 Å². The van der Waals surface area contributed by atoms with Crippen LogP contribution in [0.5, 0.6) is 5.75 Å². The Balaban J connectivity index is 1.92. The van der Waals surface area contributed by atoms with Gasteiger partial charge in [0.1, 0.15) is 5.75 Å². The van der Waals surface area contributed by atoms with E-state index in [2.05, 4.69) is 26.8 Å². The first-order valence-electron chi connectivity index (χ1n) is 9.43. The highest BCUT2D eigenvalue weighted by molar-refractivity contribution is 5.50. The van der Waals surface area contributed by atoms with Crippen molar-refractivity contribution in [2.75, 3.05) is 13.7 Å². The Labute approximate surface area is 145 Å². The van der Waals surface area contributed by atoms with Gasteiger partial charge in [0.25, 0.3) is 0 Å². The molecule has 4 rings (SSSR count). The lowest BCUT2D eigenvalue weighted by Gasteiger charge is -2.62. The van der Waals surface area contributed by atoms with E-state index < -0.39 is 0 Å². The molecule has 1 saturated heterocycles. The fourth-order valence-corrected chi connectivity index (χ4v) is 6.01. The minimum atomic E-state index is -0.195. The van der Waals surface area contributed by atoms with E-state index in [1.807, 2.05) is 6.07 Å². The zero-order valence-corrected chi connectivity index (χ0v) is 15.4. The molecule has 3 heteroatoms. The highest BCUT2D eigenvalue weighted by Crippen LogP contribution is 2.62. The number of benzene rings is 1. The predicted octanol–water partition coefficient (Wildman–Crippen LogP) is 4.51. The van der Waals surface area contributed by atoms with Crippen molar-refractivity contribution in [1.29, 1.82) is 0 Å². The summed E-state index contributed by atoms with van der Waals surface area (Å²) in [5.74, 6) is 1.35. The molecule has 1 aromatic rings. The summed E-state index contributed by atoms with van der Waals surface area (Å²) < 4.78 is 12.1. The first-order chi connectivity index (χ1) is 11.4. The normalized spacial score (nSPS) is 37.9. The number of ether oxygens (including phenoxy) is 2. The lowest BCUT2D eigenvalue weighted by atomic mass is 9.47. The molecule has 0 amide bonds.